The van der Waals surface area contributed by atoms with Crippen molar-refractivity contribution in [1.82, 2.24) is 0 Å². The maximum Gasteiger partial charge on any atom is 0.346 e. The lowest BCUT2D eigenvalue weighted by Crippen LogP contribution is -2.10. The second-order valence-electron chi connectivity index (χ2n) is 2.73. The predicted molar refractivity (Wildman–Crippen MR) is 56.7 cm³/mol. The highest BCUT2D eigenvalue weighted by atomic mass is 79.9. The number of esters is 1. The molecule has 0 bridgehead atoms. The average Bonchev–Trinajstić information content (AvgIpc) is 2.20. The van der Waals surface area contributed by atoms with E-state index in [9.17, 15) is 19.3 Å². The number of rotatable bonds is 3. The van der Waals surface area contributed by atoms with Gasteiger partial charge in [-0.2, -0.15) is 4.39 Å². The van der Waals surface area contributed by atoms with Gasteiger partial charge in [0.25, 0.3) is 0 Å². The van der Waals surface area contributed by atoms with Gasteiger partial charge in [-0.3, -0.25) is 10.1 Å². The number of carbonyl (C=O) groups is 1. The molecule has 86 valence electrons. The molecule has 0 spiro atoms. The van der Waals surface area contributed by atoms with Crippen molar-refractivity contribution < 1.29 is 18.8 Å². The summed E-state index contributed by atoms with van der Waals surface area (Å²) in [5.74, 6) is -2.00. The van der Waals surface area contributed by atoms with E-state index in [4.69, 9.17) is 0 Å². The largest absolute Gasteiger partial charge is 0.462 e. The van der Waals surface area contributed by atoms with E-state index in [0.717, 1.165) is 6.07 Å². The second kappa shape index (κ2) is 5.02. The van der Waals surface area contributed by atoms with E-state index in [1.54, 1.807) is 6.92 Å². The van der Waals surface area contributed by atoms with Crippen molar-refractivity contribution in [3.63, 3.8) is 0 Å². The SMILES string of the molecule is CCOC(=O)c1c(Br)ccc(F)c1[N+](=O)[O-]. The Labute approximate surface area is 98.5 Å². The van der Waals surface area contributed by atoms with E-state index < -0.39 is 28.0 Å². The third-order valence-electron chi connectivity index (χ3n) is 1.74. The molecular formula is C9H7BrFNO4. The van der Waals surface area contributed by atoms with Crippen LogP contribution in [0.2, 0.25) is 0 Å². The Morgan fingerprint density at radius 1 is 1.62 bits per heavy atom. The Balaban J connectivity index is 3.40. The molecule has 0 radical (unpaired) electrons. The smallest absolute Gasteiger partial charge is 0.346 e. The first-order valence-electron chi connectivity index (χ1n) is 4.28. The molecule has 1 aromatic carbocycles. The number of nitro groups is 1. The summed E-state index contributed by atoms with van der Waals surface area (Å²) < 4.78 is 17.9. The van der Waals surface area contributed by atoms with Crippen LogP contribution in [0.25, 0.3) is 0 Å². The summed E-state index contributed by atoms with van der Waals surface area (Å²) in [4.78, 5) is 21.1. The number of ether oxygens (including phenoxy) is 1. The highest BCUT2D eigenvalue weighted by Gasteiger charge is 2.28. The number of carbonyl (C=O) groups excluding carboxylic acids is 1. The van der Waals surface area contributed by atoms with Crippen LogP contribution in [0.1, 0.15) is 17.3 Å². The first-order valence-corrected chi connectivity index (χ1v) is 5.07. The minimum Gasteiger partial charge on any atom is -0.462 e. The standard InChI is InChI=1S/C9H7BrFNO4/c1-2-16-9(13)7-5(10)3-4-6(11)8(7)12(14)15/h3-4H,2H2,1H3. The molecule has 0 saturated heterocycles. The van der Waals surface area contributed by atoms with Crippen LogP contribution in [-0.2, 0) is 4.74 Å². The molecule has 0 aliphatic carbocycles. The van der Waals surface area contributed by atoms with Gasteiger partial charge in [-0.05, 0) is 35.0 Å². The van der Waals surface area contributed by atoms with Gasteiger partial charge in [0.15, 0.2) is 5.56 Å². The summed E-state index contributed by atoms with van der Waals surface area (Å²) in [5, 5.41) is 10.6. The molecule has 0 atom stereocenters. The van der Waals surface area contributed by atoms with Crippen molar-refractivity contribution in [3.05, 3.63) is 38.1 Å². The van der Waals surface area contributed by atoms with Gasteiger partial charge in [0.1, 0.15) is 0 Å². The fraction of sp³-hybridized carbons (Fsp3) is 0.222. The lowest BCUT2D eigenvalue weighted by atomic mass is 10.2. The summed E-state index contributed by atoms with van der Waals surface area (Å²) in [6, 6.07) is 2.12. The number of hydrogen-bond acceptors (Lipinski definition) is 4. The molecule has 0 aliphatic heterocycles. The lowest BCUT2D eigenvalue weighted by molar-refractivity contribution is -0.387. The monoisotopic (exact) mass is 291 g/mol. The van der Waals surface area contributed by atoms with Gasteiger partial charge in [0.2, 0.25) is 5.82 Å². The number of nitrogens with zero attached hydrogens (tertiary/aromatic N) is 1. The van der Waals surface area contributed by atoms with Gasteiger partial charge in [-0.25, -0.2) is 4.79 Å². The minimum atomic E-state index is -1.07. The highest BCUT2D eigenvalue weighted by Crippen LogP contribution is 2.30. The summed E-state index contributed by atoms with van der Waals surface area (Å²) in [7, 11) is 0. The second-order valence-corrected chi connectivity index (χ2v) is 3.58. The molecule has 5 nitrogen and oxygen atoms in total. The maximum atomic E-state index is 13.2. The van der Waals surface area contributed by atoms with Crippen LogP contribution in [0.5, 0.6) is 0 Å². The van der Waals surface area contributed by atoms with Gasteiger partial charge in [0.05, 0.1) is 11.5 Å². The van der Waals surface area contributed by atoms with E-state index in [1.807, 2.05) is 0 Å². The first-order chi connectivity index (χ1) is 7.49. The zero-order valence-corrected chi connectivity index (χ0v) is 9.78. The maximum absolute atomic E-state index is 13.2. The van der Waals surface area contributed by atoms with Crippen LogP contribution in [0.4, 0.5) is 10.1 Å². The number of halogens is 2. The fourth-order valence-corrected chi connectivity index (χ4v) is 1.60. The van der Waals surface area contributed by atoms with Crippen LogP contribution in [0.15, 0.2) is 16.6 Å². The molecule has 1 aromatic rings. The summed E-state index contributed by atoms with van der Waals surface area (Å²) in [5.41, 5.74) is -1.29. The molecule has 0 N–H and O–H groups in total. The van der Waals surface area contributed by atoms with E-state index >= 15 is 0 Å². The molecule has 0 aromatic heterocycles. The molecule has 7 heteroatoms. The highest BCUT2D eigenvalue weighted by molar-refractivity contribution is 9.10. The molecular weight excluding hydrogens is 285 g/mol. The zero-order chi connectivity index (χ0) is 12.3. The average molecular weight is 292 g/mol. The Morgan fingerprint density at radius 3 is 2.75 bits per heavy atom. The molecule has 0 amide bonds. The first kappa shape index (κ1) is 12.6. The number of nitro benzene ring substituents is 1. The van der Waals surface area contributed by atoms with E-state index in [2.05, 4.69) is 20.7 Å². The summed E-state index contributed by atoms with van der Waals surface area (Å²) in [6.07, 6.45) is 0. The van der Waals surface area contributed by atoms with Gasteiger partial charge >= 0.3 is 11.7 Å². The van der Waals surface area contributed by atoms with Crippen LogP contribution in [-0.4, -0.2) is 17.5 Å². The Morgan fingerprint density at radius 2 is 2.25 bits per heavy atom. The minimum absolute atomic E-state index is 0.0545. The zero-order valence-electron chi connectivity index (χ0n) is 8.20. The van der Waals surface area contributed by atoms with Crippen LogP contribution < -0.4 is 0 Å². The van der Waals surface area contributed by atoms with Crippen LogP contribution in [0, 0.1) is 15.9 Å². The van der Waals surface area contributed by atoms with Crippen LogP contribution >= 0.6 is 15.9 Å². The molecule has 0 heterocycles. The molecule has 1 rings (SSSR count). The van der Waals surface area contributed by atoms with Crippen molar-refractivity contribution in [2.45, 2.75) is 6.92 Å². The van der Waals surface area contributed by atoms with Gasteiger partial charge in [-0.15, -0.1) is 0 Å². The van der Waals surface area contributed by atoms with Gasteiger partial charge < -0.3 is 4.74 Å². The van der Waals surface area contributed by atoms with Crippen molar-refractivity contribution >= 4 is 27.6 Å². The summed E-state index contributed by atoms with van der Waals surface area (Å²) >= 11 is 2.95. The fourth-order valence-electron chi connectivity index (χ4n) is 1.12. The summed E-state index contributed by atoms with van der Waals surface area (Å²) in [6.45, 7) is 1.61. The van der Waals surface area contributed by atoms with E-state index in [1.165, 1.54) is 6.07 Å². The predicted octanol–water partition coefficient (Wildman–Crippen LogP) is 2.67. The van der Waals surface area contributed by atoms with Crippen LogP contribution in [0.3, 0.4) is 0 Å². The molecule has 16 heavy (non-hydrogen) atoms. The molecule has 0 aliphatic rings. The van der Waals surface area contributed by atoms with Gasteiger partial charge in [-0.1, -0.05) is 0 Å². The Bertz CT molecular complexity index is 449. The third kappa shape index (κ3) is 2.35. The topological polar surface area (TPSA) is 69.4 Å². The number of hydrogen-bond donors (Lipinski definition) is 0. The quantitative estimate of drug-likeness (QED) is 0.488. The Kier molecular flexibility index (Phi) is 3.94. The Hall–Kier alpha value is -1.50. The lowest BCUT2D eigenvalue weighted by Gasteiger charge is -2.05. The molecule has 0 fully saturated rings. The number of benzene rings is 1. The normalized spacial score (nSPS) is 9.94. The molecule has 0 saturated carbocycles. The van der Waals surface area contributed by atoms with Gasteiger partial charge in [0, 0.05) is 4.47 Å². The van der Waals surface area contributed by atoms with E-state index in [0.29, 0.717) is 0 Å². The van der Waals surface area contributed by atoms with E-state index in [-0.39, 0.29) is 11.1 Å². The molecule has 0 unspecified atom stereocenters. The van der Waals surface area contributed by atoms with Crippen molar-refractivity contribution in [2.24, 2.45) is 0 Å². The van der Waals surface area contributed by atoms with Crippen molar-refractivity contribution in [2.75, 3.05) is 6.61 Å². The van der Waals surface area contributed by atoms with Crippen molar-refractivity contribution in [1.29, 1.82) is 0 Å². The van der Waals surface area contributed by atoms with Crippen molar-refractivity contribution in [3.8, 4) is 0 Å². The third-order valence-corrected chi connectivity index (χ3v) is 2.40.